The zero-order valence-corrected chi connectivity index (χ0v) is 18.6. The molecule has 2 aliphatic rings. The van der Waals surface area contributed by atoms with E-state index >= 15 is 0 Å². The number of ether oxygens (including phenoxy) is 2. The van der Waals surface area contributed by atoms with E-state index in [9.17, 15) is 4.79 Å². The molecule has 0 saturated carbocycles. The molecule has 0 N–H and O–H groups in total. The van der Waals surface area contributed by atoms with E-state index in [1.165, 1.54) is 5.70 Å². The first-order valence-electron chi connectivity index (χ1n) is 10.4. The highest BCUT2D eigenvalue weighted by Crippen LogP contribution is 2.37. The fraction of sp³-hybridized carbons (Fsp3) is 0.783. The van der Waals surface area contributed by atoms with E-state index in [0.29, 0.717) is 5.41 Å². The molecular formula is C23H39NO3. The molecule has 4 nitrogen and oxygen atoms in total. The van der Waals surface area contributed by atoms with Crippen molar-refractivity contribution in [2.24, 2.45) is 11.3 Å². The van der Waals surface area contributed by atoms with Crippen LogP contribution in [-0.4, -0.2) is 41.8 Å². The molecule has 0 aromatic rings. The molecule has 27 heavy (non-hydrogen) atoms. The highest BCUT2D eigenvalue weighted by Gasteiger charge is 2.37. The van der Waals surface area contributed by atoms with E-state index in [-0.39, 0.29) is 18.0 Å². The van der Waals surface area contributed by atoms with Gasteiger partial charge in [0.05, 0.1) is 11.7 Å². The summed E-state index contributed by atoms with van der Waals surface area (Å²) < 4.78 is 11.9. The molecule has 0 spiro atoms. The normalized spacial score (nSPS) is 24.3. The Balaban J connectivity index is 2.41. The smallest absolute Gasteiger partial charge is 0.339 e. The average molecular weight is 378 g/mol. The standard InChI is InChI=1S/C23H39NO3/c1-16(2)26-21(25)20(27-22(4,5)6)19-17(3)10-9-11-18(19)24-14-12-23(7,8)13-15-24/h9,11,16-17,20H,10,12-15H2,1-8H3/t17?,20-/m0/s1. The molecule has 1 aliphatic carbocycles. The first kappa shape index (κ1) is 22.0. The Hall–Kier alpha value is -1.29. The lowest BCUT2D eigenvalue weighted by atomic mass is 9.81. The number of likely N-dealkylation sites (tertiary alicyclic amines) is 1. The Morgan fingerprint density at radius 3 is 2.33 bits per heavy atom. The zero-order chi connectivity index (χ0) is 20.4. The molecule has 1 aliphatic heterocycles. The van der Waals surface area contributed by atoms with Crippen molar-refractivity contribution in [2.45, 2.75) is 92.5 Å². The van der Waals surface area contributed by atoms with E-state index in [0.717, 1.165) is 37.9 Å². The van der Waals surface area contributed by atoms with Crippen LogP contribution in [0.25, 0.3) is 0 Å². The lowest BCUT2D eigenvalue weighted by molar-refractivity contribution is -0.167. The van der Waals surface area contributed by atoms with Gasteiger partial charge in [0.25, 0.3) is 0 Å². The van der Waals surface area contributed by atoms with Gasteiger partial charge in [0.15, 0.2) is 6.10 Å². The number of hydrogen-bond donors (Lipinski definition) is 0. The van der Waals surface area contributed by atoms with Crippen LogP contribution in [0.15, 0.2) is 23.4 Å². The third-order valence-corrected chi connectivity index (χ3v) is 5.37. The van der Waals surface area contributed by atoms with Gasteiger partial charge >= 0.3 is 5.97 Å². The van der Waals surface area contributed by atoms with Gasteiger partial charge in [0, 0.05) is 18.8 Å². The van der Waals surface area contributed by atoms with Gasteiger partial charge in [0.2, 0.25) is 0 Å². The lowest BCUT2D eigenvalue weighted by Gasteiger charge is -2.42. The van der Waals surface area contributed by atoms with Gasteiger partial charge in [-0.05, 0) is 76.9 Å². The number of carbonyl (C=O) groups excluding carboxylic acids is 1. The van der Waals surface area contributed by atoms with Crippen LogP contribution in [0.2, 0.25) is 0 Å². The monoisotopic (exact) mass is 377 g/mol. The fourth-order valence-electron chi connectivity index (χ4n) is 3.78. The maximum absolute atomic E-state index is 13.0. The second-order valence-corrected chi connectivity index (χ2v) is 10.1. The van der Waals surface area contributed by atoms with Crippen molar-refractivity contribution in [3.63, 3.8) is 0 Å². The van der Waals surface area contributed by atoms with E-state index in [1.54, 1.807) is 0 Å². The molecule has 154 valence electrons. The van der Waals surface area contributed by atoms with Crippen molar-refractivity contribution >= 4 is 5.97 Å². The Kier molecular flexibility index (Phi) is 6.83. The maximum Gasteiger partial charge on any atom is 0.339 e. The lowest BCUT2D eigenvalue weighted by Crippen LogP contribution is -2.43. The Morgan fingerprint density at radius 2 is 1.81 bits per heavy atom. The van der Waals surface area contributed by atoms with Gasteiger partial charge in [-0.2, -0.15) is 0 Å². The van der Waals surface area contributed by atoms with Gasteiger partial charge in [-0.25, -0.2) is 4.79 Å². The number of esters is 1. The average Bonchev–Trinajstić information content (AvgIpc) is 2.51. The molecular weight excluding hydrogens is 338 g/mol. The van der Waals surface area contributed by atoms with Crippen molar-refractivity contribution in [1.82, 2.24) is 4.90 Å². The summed E-state index contributed by atoms with van der Waals surface area (Å²) >= 11 is 0. The number of rotatable bonds is 5. The summed E-state index contributed by atoms with van der Waals surface area (Å²) in [5.74, 6) is -0.0149. The molecule has 0 aromatic carbocycles. The van der Waals surface area contributed by atoms with Gasteiger partial charge < -0.3 is 14.4 Å². The van der Waals surface area contributed by atoms with Crippen molar-refractivity contribution in [2.75, 3.05) is 13.1 Å². The second-order valence-electron chi connectivity index (χ2n) is 10.1. The van der Waals surface area contributed by atoms with Crippen LogP contribution < -0.4 is 0 Å². The van der Waals surface area contributed by atoms with E-state index in [1.807, 2.05) is 34.6 Å². The summed E-state index contributed by atoms with van der Waals surface area (Å²) in [6.45, 7) is 18.7. The highest BCUT2D eigenvalue weighted by molar-refractivity contribution is 5.79. The fourth-order valence-corrected chi connectivity index (χ4v) is 3.78. The number of hydrogen-bond acceptors (Lipinski definition) is 4. The summed E-state index contributed by atoms with van der Waals surface area (Å²) in [4.78, 5) is 15.4. The molecule has 1 fully saturated rings. The van der Waals surface area contributed by atoms with Crippen molar-refractivity contribution < 1.29 is 14.3 Å². The minimum Gasteiger partial charge on any atom is -0.461 e. The van der Waals surface area contributed by atoms with E-state index < -0.39 is 11.7 Å². The topological polar surface area (TPSA) is 38.8 Å². The molecule has 0 bridgehead atoms. The van der Waals surface area contributed by atoms with E-state index in [2.05, 4.69) is 37.8 Å². The van der Waals surface area contributed by atoms with Gasteiger partial charge in [-0.3, -0.25) is 0 Å². The minimum atomic E-state index is -0.655. The van der Waals surface area contributed by atoms with Crippen molar-refractivity contribution in [1.29, 1.82) is 0 Å². The summed E-state index contributed by atoms with van der Waals surface area (Å²) in [7, 11) is 0. The Bertz CT molecular complexity index is 585. The van der Waals surface area contributed by atoms with Crippen LogP contribution >= 0.6 is 0 Å². The van der Waals surface area contributed by atoms with Crippen LogP contribution in [0.1, 0.15) is 74.7 Å². The number of allylic oxidation sites excluding steroid dienone is 2. The summed E-state index contributed by atoms with van der Waals surface area (Å²) in [5, 5.41) is 0. The third-order valence-electron chi connectivity index (χ3n) is 5.37. The molecule has 2 rings (SSSR count). The third kappa shape index (κ3) is 6.10. The zero-order valence-electron chi connectivity index (χ0n) is 18.6. The molecule has 4 heteroatoms. The molecule has 0 amide bonds. The molecule has 0 aromatic heterocycles. The summed E-state index contributed by atoms with van der Waals surface area (Å²) in [5.41, 5.74) is 2.21. The molecule has 1 heterocycles. The minimum absolute atomic E-state index is 0.155. The number of nitrogens with zero attached hydrogens (tertiary/aromatic N) is 1. The Morgan fingerprint density at radius 1 is 1.22 bits per heavy atom. The van der Waals surface area contributed by atoms with Crippen LogP contribution in [0.4, 0.5) is 0 Å². The van der Waals surface area contributed by atoms with E-state index in [4.69, 9.17) is 9.47 Å². The first-order chi connectivity index (χ1) is 12.4. The SMILES string of the molecule is CC(C)OC(=O)[C@@H](OC(C)(C)C)C1=C(N2CCC(C)(C)CC2)C=CCC1C. The van der Waals surface area contributed by atoms with Crippen molar-refractivity contribution in [3.05, 3.63) is 23.4 Å². The summed E-state index contributed by atoms with van der Waals surface area (Å²) in [6, 6.07) is 0. The number of piperidine rings is 1. The summed E-state index contributed by atoms with van der Waals surface area (Å²) in [6.07, 6.45) is 6.85. The molecule has 2 atom stereocenters. The highest BCUT2D eigenvalue weighted by atomic mass is 16.6. The number of carbonyl (C=O) groups is 1. The Labute approximate surface area is 166 Å². The van der Waals surface area contributed by atoms with Gasteiger partial charge in [-0.15, -0.1) is 0 Å². The molecule has 1 unspecified atom stereocenters. The largest absolute Gasteiger partial charge is 0.461 e. The van der Waals surface area contributed by atoms with Crippen LogP contribution in [0, 0.1) is 11.3 Å². The quantitative estimate of drug-likeness (QED) is 0.625. The van der Waals surface area contributed by atoms with Crippen LogP contribution in [0.5, 0.6) is 0 Å². The van der Waals surface area contributed by atoms with Gasteiger partial charge in [-0.1, -0.05) is 26.8 Å². The molecule has 1 saturated heterocycles. The molecule has 0 radical (unpaired) electrons. The van der Waals surface area contributed by atoms with Crippen molar-refractivity contribution in [3.8, 4) is 0 Å². The second kappa shape index (κ2) is 8.38. The predicted molar refractivity (Wildman–Crippen MR) is 110 cm³/mol. The predicted octanol–water partition coefficient (Wildman–Crippen LogP) is 5.09. The van der Waals surface area contributed by atoms with Crippen LogP contribution in [0.3, 0.4) is 0 Å². The maximum atomic E-state index is 13.0. The van der Waals surface area contributed by atoms with Gasteiger partial charge in [0.1, 0.15) is 0 Å². The van der Waals surface area contributed by atoms with Crippen LogP contribution in [-0.2, 0) is 14.3 Å². The first-order valence-corrected chi connectivity index (χ1v) is 10.4.